The van der Waals surface area contributed by atoms with Crippen LogP contribution in [0.25, 0.3) is 0 Å². The average molecular weight is 494 g/mol. The van der Waals surface area contributed by atoms with Gasteiger partial charge < -0.3 is 15.5 Å². The van der Waals surface area contributed by atoms with Gasteiger partial charge in [0.1, 0.15) is 0 Å². The van der Waals surface area contributed by atoms with Crippen LogP contribution in [0.4, 0.5) is 0 Å². The summed E-state index contributed by atoms with van der Waals surface area (Å²) in [7, 11) is 1.90. The van der Waals surface area contributed by atoms with E-state index in [-0.39, 0.29) is 24.0 Å². The topological polar surface area (TPSA) is 42.9 Å². The Morgan fingerprint density at radius 3 is 2.22 bits per heavy atom. The summed E-state index contributed by atoms with van der Waals surface area (Å²) >= 11 is 0. The van der Waals surface area contributed by atoms with Gasteiger partial charge in [0.2, 0.25) is 0 Å². The molecule has 2 fully saturated rings. The fourth-order valence-corrected chi connectivity index (χ4v) is 4.35. The lowest BCUT2D eigenvalue weighted by atomic mass is 9.94. The molecule has 0 aromatic heterocycles. The minimum atomic E-state index is 0. The maximum Gasteiger partial charge on any atom is 0.191 e. The van der Waals surface area contributed by atoms with E-state index < -0.39 is 0 Å². The van der Waals surface area contributed by atoms with Crippen molar-refractivity contribution in [3.05, 3.63) is 0 Å². The first-order valence-electron chi connectivity index (χ1n) is 11.0. The number of rotatable bonds is 7. The summed E-state index contributed by atoms with van der Waals surface area (Å²) in [6.45, 7) is 16.5. The number of aliphatic imine (C=N–C) groups is 1. The predicted molar refractivity (Wildman–Crippen MR) is 128 cm³/mol. The van der Waals surface area contributed by atoms with Gasteiger partial charge >= 0.3 is 0 Å². The number of nitrogens with zero attached hydrogens (tertiary/aromatic N) is 3. The monoisotopic (exact) mass is 493 g/mol. The van der Waals surface area contributed by atoms with Crippen molar-refractivity contribution in [2.75, 3.05) is 46.3 Å². The molecule has 2 heterocycles. The van der Waals surface area contributed by atoms with E-state index in [1.54, 1.807) is 0 Å². The summed E-state index contributed by atoms with van der Waals surface area (Å²) < 4.78 is 0. The molecule has 0 bridgehead atoms. The number of halogens is 1. The second-order valence-electron chi connectivity index (χ2n) is 8.74. The molecule has 0 saturated carbocycles. The molecule has 2 rings (SSSR count). The number of guanidine groups is 1. The standard InChI is InChI=1S/C21H43N5.HI/c1-6-11-25-12-9-19(10-13-25)24-21(22-5)23-16-20(17(2)3)26-14-7-18(4)8-15-26;/h17-20H,6-16H2,1-5H3,(H2,22,23,24);1H. The van der Waals surface area contributed by atoms with E-state index in [4.69, 9.17) is 0 Å². The van der Waals surface area contributed by atoms with E-state index in [0.717, 1.165) is 18.4 Å². The third-order valence-electron chi connectivity index (χ3n) is 6.23. The Hall–Kier alpha value is -0.0800. The molecule has 2 aliphatic heterocycles. The van der Waals surface area contributed by atoms with Gasteiger partial charge in [0.15, 0.2) is 5.96 Å². The summed E-state index contributed by atoms with van der Waals surface area (Å²) in [6.07, 6.45) is 6.38. The van der Waals surface area contributed by atoms with Gasteiger partial charge in [-0.3, -0.25) is 9.89 Å². The highest BCUT2D eigenvalue weighted by Crippen LogP contribution is 2.21. The van der Waals surface area contributed by atoms with Crippen molar-refractivity contribution in [1.29, 1.82) is 0 Å². The van der Waals surface area contributed by atoms with Crippen LogP contribution in [0.1, 0.15) is 59.8 Å². The zero-order valence-electron chi connectivity index (χ0n) is 18.3. The first-order chi connectivity index (χ1) is 12.5. The Morgan fingerprint density at radius 1 is 1.07 bits per heavy atom. The van der Waals surface area contributed by atoms with Gasteiger partial charge in [0.25, 0.3) is 0 Å². The van der Waals surface area contributed by atoms with Crippen molar-refractivity contribution in [3.63, 3.8) is 0 Å². The van der Waals surface area contributed by atoms with E-state index in [9.17, 15) is 0 Å². The third-order valence-corrected chi connectivity index (χ3v) is 6.23. The van der Waals surface area contributed by atoms with Crippen LogP contribution in [-0.2, 0) is 0 Å². The van der Waals surface area contributed by atoms with Crippen LogP contribution in [0.3, 0.4) is 0 Å². The predicted octanol–water partition coefficient (Wildman–Crippen LogP) is 3.40. The molecule has 160 valence electrons. The number of piperidine rings is 2. The normalized spacial score (nSPS) is 22.5. The SMILES string of the molecule is CCCN1CCC(NC(=NC)NCC(C(C)C)N2CCC(C)CC2)CC1.I. The molecular formula is C21H44IN5. The van der Waals surface area contributed by atoms with Crippen LogP contribution >= 0.6 is 24.0 Å². The zero-order chi connectivity index (χ0) is 18.9. The molecule has 0 aromatic carbocycles. The molecule has 0 aromatic rings. The van der Waals surface area contributed by atoms with Crippen LogP contribution < -0.4 is 10.6 Å². The Balaban J connectivity index is 0.00000364. The Labute approximate surface area is 185 Å². The van der Waals surface area contributed by atoms with Gasteiger partial charge in [-0.15, -0.1) is 24.0 Å². The molecular weight excluding hydrogens is 449 g/mol. The lowest BCUT2D eigenvalue weighted by Gasteiger charge is -2.39. The molecule has 6 heteroatoms. The van der Waals surface area contributed by atoms with E-state index in [1.165, 1.54) is 64.8 Å². The minimum absolute atomic E-state index is 0. The van der Waals surface area contributed by atoms with Crippen molar-refractivity contribution < 1.29 is 0 Å². The summed E-state index contributed by atoms with van der Waals surface area (Å²) in [5.74, 6) is 2.53. The van der Waals surface area contributed by atoms with E-state index in [1.807, 2.05) is 7.05 Å². The molecule has 0 spiro atoms. The molecule has 5 nitrogen and oxygen atoms in total. The molecule has 0 radical (unpaired) electrons. The largest absolute Gasteiger partial charge is 0.355 e. The fourth-order valence-electron chi connectivity index (χ4n) is 4.35. The van der Waals surface area contributed by atoms with Gasteiger partial charge in [0, 0.05) is 38.8 Å². The Kier molecular flexibility index (Phi) is 12.2. The summed E-state index contributed by atoms with van der Waals surface area (Å²) in [6, 6.07) is 1.15. The van der Waals surface area contributed by atoms with Crippen molar-refractivity contribution in [3.8, 4) is 0 Å². The Bertz CT molecular complexity index is 413. The maximum atomic E-state index is 4.49. The van der Waals surface area contributed by atoms with E-state index >= 15 is 0 Å². The molecule has 1 atom stereocenters. The lowest BCUT2D eigenvalue weighted by molar-refractivity contribution is 0.110. The first-order valence-corrected chi connectivity index (χ1v) is 11.0. The van der Waals surface area contributed by atoms with Crippen LogP contribution in [0.5, 0.6) is 0 Å². The minimum Gasteiger partial charge on any atom is -0.355 e. The summed E-state index contributed by atoms with van der Waals surface area (Å²) in [5, 5.41) is 7.29. The summed E-state index contributed by atoms with van der Waals surface area (Å²) in [4.78, 5) is 9.76. The molecule has 1 unspecified atom stereocenters. The lowest BCUT2D eigenvalue weighted by Crippen LogP contribution is -2.53. The molecule has 2 aliphatic rings. The zero-order valence-corrected chi connectivity index (χ0v) is 20.7. The average Bonchev–Trinajstić information content (AvgIpc) is 2.63. The quantitative estimate of drug-likeness (QED) is 0.324. The molecule has 2 N–H and O–H groups in total. The van der Waals surface area contributed by atoms with Crippen molar-refractivity contribution in [2.24, 2.45) is 16.8 Å². The number of hydrogen-bond donors (Lipinski definition) is 2. The maximum absolute atomic E-state index is 4.49. The second-order valence-corrected chi connectivity index (χ2v) is 8.74. The molecule has 2 saturated heterocycles. The fraction of sp³-hybridized carbons (Fsp3) is 0.952. The van der Waals surface area contributed by atoms with Crippen LogP contribution in [-0.4, -0.2) is 74.2 Å². The Morgan fingerprint density at radius 2 is 1.70 bits per heavy atom. The highest BCUT2D eigenvalue weighted by atomic mass is 127. The van der Waals surface area contributed by atoms with Crippen molar-refractivity contribution in [2.45, 2.75) is 71.9 Å². The van der Waals surface area contributed by atoms with Crippen molar-refractivity contribution in [1.82, 2.24) is 20.4 Å². The second kappa shape index (κ2) is 13.2. The van der Waals surface area contributed by atoms with Crippen LogP contribution in [0.2, 0.25) is 0 Å². The van der Waals surface area contributed by atoms with Crippen molar-refractivity contribution >= 4 is 29.9 Å². The number of likely N-dealkylation sites (tertiary alicyclic amines) is 2. The van der Waals surface area contributed by atoms with Gasteiger partial charge in [-0.05, 0) is 63.6 Å². The highest BCUT2D eigenvalue weighted by Gasteiger charge is 2.26. The smallest absolute Gasteiger partial charge is 0.191 e. The van der Waals surface area contributed by atoms with E-state index in [2.05, 4.69) is 53.1 Å². The highest BCUT2D eigenvalue weighted by molar-refractivity contribution is 14.0. The van der Waals surface area contributed by atoms with Crippen LogP contribution in [0, 0.1) is 11.8 Å². The molecule has 27 heavy (non-hydrogen) atoms. The van der Waals surface area contributed by atoms with Gasteiger partial charge in [-0.25, -0.2) is 0 Å². The third kappa shape index (κ3) is 8.44. The van der Waals surface area contributed by atoms with Crippen LogP contribution in [0.15, 0.2) is 4.99 Å². The number of hydrogen-bond acceptors (Lipinski definition) is 3. The van der Waals surface area contributed by atoms with Gasteiger partial charge in [0.05, 0.1) is 0 Å². The first kappa shape index (κ1) is 25.0. The van der Waals surface area contributed by atoms with Gasteiger partial charge in [-0.2, -0.15) is 0 Å². The molecule has 0 aliphatic carbocycles. The summed E-state index contributed by atoms with van der Waals surface area (Å²) in [5.41, 5.74) is 0. The molecule has 0 amide bonds. The van der Waals surface area contributed by atoms with Gasteiger partial charge in [-0.1, -0.05) is 27.7 Å². The van der Waals surface area contributed by atoms with E-state index in [0.29, 0.717) is 18.0 Å². The number of nitrogens with one attached hydrogen (secondary N) is 2.